The predicted molar refractivity (Wildman–Crippen MR) is 46.5 cm³/mol. The van der Waals surface area contributed by atoms with E-state index in [1.807, 2.05) is 0 Å². The summed E-state index contributed by atoms with van der Waals surface area (Å²) < 4.78 is 19.4. The smallest absolute Gasteiger partial charge is 0.241 e. The molecular formula is C8H8O4P+. The minimum absolute atomic E-state index is 0.350. The first-order valence-corrected chi connectivity index (χ1v) is 4.62. The van der Waals surface area contributed by atoms with Gasteiger partial charge in [0.15, 0.2) is 0 Å². The minimum atomic E-state index is -2.34. The van der Waals surface area contributed by atoms with Crippen LogP contribution in [-0.4, -0.2) is 13.1 Å². The van der Waals surface area contributed by atoms with Crippen LogP contribution in [0.5, 0.6) is 0 Å². The van der Waals surface area contributed by atoms with E-state index < -0.39 is 14.2 Å². The van der Waals surface area contributed by atoms with E-state index in [1.165, 1.54) is 7.11 Å². The maximum absolute atomic E-state index is 11.1. The molecule has 1 atom stereocenters. The Kier molecular flexibility index (Phi) is 3.55. The molecule has 13 heavy (non-hydrogen) atoms. The van der Waals surface area contributed by atoms with Gasteiger partial charge in [0.1, 0.15) is 0 Å². The number of hydrogen-bond donors (Lipinski definition) is 0. The van der Waals surface area contributed by atoms with Crippen LogP contribution in [-0.2, 0) is 13.6 Å². The molecule has 0 aliphatic heterocycles. The van der Waals surface area contributed by atoms with Crippen LogP contribution in [0.2, 0.25) is 0 Å². The molecule has 1 rings (SSSR count). The van der Waals surface area contributed by atoms with E-state index >= 15 is 0 Å². The van der Waals surface area contributed by atoms with E-state index in [0.717, 1.165) is 0 Å². The van der Waals surface area contributed by atoms with Gasteiger partial charge in [0, 0.05) is 4.57 Å². The molecule has 0 saturated heterocycles. The Balaban J connectivity index is 2.65. The van der Waals surface area contributed by atoms with Crippen LogP contribution in [0.25, 0.3) is 0 Å². The van der Waals surface area contributed by atoms with Crippen molar-refractivity contribution in [3.8, 4) is 0 Å². The average molecular weight is 199 g/mol. The topological polar surface area (TPSA) is 52.6 Å². The van der Waals surface area contributed by atoms with Gasteiger partial charge in [0.2, 0.25) is 0 Å². The molecule has 1 aromatic rings. The summed E-state index contributed by atoms with van der Waals surface area (Å²) in [4.78, 5) is 11.1. The Morgan fingerprint density at radius 2 is 1.92 bits per heavy atom. The fourth-order valence-electron chi connectivity index (χ4n) is 0.732. The van der Waals surface area contributed by atoms with Gasteiger partial charge in [-0.3, -0.25) is 0 Å². The van der Waals surface area contributed by atoms with E-state index in [-0.39, 0.29) is 0 Å². The van der Waals surface area contributed by atoms with E-state index in [2.05, 4.69) is 9.05 Å². The minimum Gasteiger partial charge on any atom is -0.241 e. The molecule has 0 amide bonds. The molecule has 0 aromatic heterocycles. The zero-order chi connectivity index (χ0) is 9.68. The Labute approximate surface area is 76.4 Å². The van der Waals surface area contributed by atoms with Crippen LogP contribution in [0.1, 0.15) is 10.4 Å². The number of hydrogen-bond acceptors (Lipinski definition) is 4. The quantitative estimate of drug-likeness (QED) is 0.700. The second-order valence-electron chi connectivity index (χ2n) is 2.15. The van der Waals surface area contributed by atoms with Gasteiger partial charge in [-0.25, -0.2) is 4.79 Å². The normalized spacial score (nSPS) is 10.7. The fourth-order valence-corrected chi connectivity index (χ4v) is 1.05. The third-order valence-electron chi connectivity index (χ3n) is 1.32. The van der Waals surface area contributed by atoms with Crippen LogP contribution in [0.15, 0.2) is 30.3 Å². The predicted octanol–water partition coefficient (Wildman–Crippen LogP) is 2.15. The van der Waals surface area contributed by atoms with Crippen LogP contribution >= 0.6 is 8.25 Å². The van der Waals surface area contributed by atoms with Crippen LogP contribution in [0.4, 0.5) is 0 Å². The standard InChI is InChI=1S/C8H8O4P/c1-11-13(10)12-8(9)7-5-3-2-4-6-7/h2-6H,1H3/q+1. The lowest BCUT2D eigenvalue weighted by atomic mass is 10.2. The van der Waals surface area contributed by atoms with Gasteiger partial charge >= 0.3 is 14.2 Å². The van der Waals surface area contributed by atoms with E-state index in [4.69, 9.17) is 0 Å². The highest BCUT2D eigenvalue weighted by Gasteiger charge is 2.24. The molecule has 0 saturated carbocycles. The second kappa shape index (κ2) is 4.70. The van der Waals surface area contributed by atoms with Gasteiger partial charge < -0.3 is 0 Å². The average Bonchev–Trinajstić information content (AvgIpc) is 2.19. The Bertz CT molecular complexity index is 309. The second-order valence-corrected chi connectivity index (χ2v) is 3.15. The summed E-state index contributed by atoms with van der Waals surface area (Å²) in [6.45, 7) is 0. The van der Waals surface area contributed by atoms with E-state index in [1.54, 1.807) is 30.3 Å². The van der Waals surface area contributed by atoms with Crippen LogP contribution < -0.4 is 0 Å². The van der Waals surface area contributed by atoms with Crippen LogP contribution in [0, 0.1) is 0 Å². The highest BCUT2D eigenvalue weighted by molar-refractivity contribution is 7.34. The van der Waals surface area contributed by atoms with E-state index in [0.29, 0.717) is 5.56 Å². The molecular weight excluding hydrogens is 191 g/mol. The van der Waals surface area contributed by atoms with Crippen molar-refractivity contribution >= 4 is 14.2 Å². The lowest BCUT2D eigenvalue weighted by Gasteiger charge is -1.90. The summed E-state index contributed by atoms with van der Waals surface area (Å²) in [5.41, 5.74) is 0.350. The summed E-state index contributed by atoms with van der Waals surface area (Å²) in [5, 5.41) is 0. The molecule has 5 heteroatoms. The fraction of sp³-hybridized carbons (Fsp3) is 0.125. The van der Waals surface area contributed by atoms with Crippen molar-refractivity contribution in [2.75, 3.05) is 7.11 Å². The number of rotatable bonds is 3. The van der Waals surface area contributed by atoms with Crippen molar-refractivity contribution in [3.05, 3.63) is 35.9 Å². The van der Waals surface area contributed by atoms with Gasteiger partial charge in [-0.15, -0.1) is 4.52 Å². The first-order valence-electron chi connectivity index (χ1n) is 3.52. The van der Waals surface area contributed by atoms with Gasteiger partial charge in [0.05, 0.1) is 12.7 Å². The van der Waals surface area contributed by atoms with Gasteiger partial charge in [-0.1, -0.05) is 18.2 Å². The van der Waals surface area contributed by atoms with Crippen molar-refractivity contribution in [3.63, 3.8) is 0 Å². The number of carbonyl (C=O) groups is 1. The van der Waals surface area contributed by atoms with Crippen molar-refractivity contribution < 1.29 is 18.4 Å². The number of benzene rings is 1. The zero-order valence-corrected chi connectivity index (χ0v) is 7.86. The van der Waals surface area contributed by atoms with Crippen molar-refractivity contribution in [2.45, 2.75) is 0 Å². The molecule has 0 heterocycles. The van der Waals surface area contributed by atoms with Gasteiger partial charge in [-0.05, 0) is 12.1 Å². The SMILES string of the molecule is CO[P+](=O)OC(=O)c1ccccc1. The summed E-state index contributed by atoms with van der Waals surface area (Å²) in [6.07, 6.45) is 0. The van der Waals surface area contributed by atoms with Gasteiger partial charge in [-0.2, -0.15) is 4.52 Å². The van der Waals surface area contributed by atoms with Crippen molar-refractivity contribution in [1.29, 1.82) is 0 Å². The Morgan fingerprint density at radius 3 is 2.46 bits per heavy atom. The maximum atomic E-state index is 11.1. The monoisotopic (exact) mass is 199 g/mol. The third-order valence-corrected chi connectivity index (χ3v) is 1.93. The molecule has 0 aliphatic rings. The molecule has 0 spiro atoms. The molecule has 0 N–H and O–H groups in total. The highest BCUT2D eigenvalue weighted by atomic mass is 31.1. The summed E-state index contributed by atoms with van der Waals surface area (Å²) >= 11 is 0. The summed E-state index contributed by atoms with van der Waals surface area (Å²) in [6, 6.07) is 8.29. The molecule has 0 bridgehead atoms. The summed E-state index contributed by atoms with van der Waals surface area (Å²) in [5.74, 6) is -0.649. The zero-order valence-electron chi connectivity index (χ0n) is 6.97. The van der Waals surface area contributed by atoms with Crippen molar-refractivity contribution in [1.82, 2.24) is 0 Å². The lowest BCUT2D eigenvalue weighted by Crippen LogP contribution is -1.99. The van der Waals surface area contributed by atoms with E-state index in [9.17, 15) is 9.36 Å². The Morgan fingerprint density at radius 1 is 1.31 bits per heavy atom. The first-order chi connectivity index (χ1) is 6.24. The molecule has 1 unspecified atom stereocenters. The lowest BCUT2D eigenvalue weighted by molar-refractivity contribution is 0.0724. The molecule has 68 valence electrons. The molecule has 0 radical (unpaired) electrons. The molecule has 1 aromatic carbocycles. The largest absolute Gasteiger partial charge is 0.753 e. The van der Waals surface area contributed by atoms with Gasteiger partial charge in [0.25, 0.3) is 0 Å². The highest BCUT2D eigenvalue weighted by Crippen LogP contribution is 2.23. The number of carbonyl (C=O) groups excluding carboxylic acids is 1. The molecule has 4 nitrogen and oxygen atoms in total. The molecule has 0 aliphatic carbocycles. The maximum Gasteiger partial charge on any atom is 0.753 e. The Hall–Kier alpha value is -1.25. The van der Waals surface area contributed by atoms with Crippen molar-refractivity contribution in [2.24, 2.45) is 0 Å². The van der Waals surface area contributed by atoms with Crippen LogP contribution in [0.3, 0.4) is 0 Å². The first kappa shape index (κ1) is 9.84. The molecule has 0 fully saturated rings. The third kappa shape index (κ3) is 2.93. The summed E-state index contributed by atoms with van der Waals surface area (Å²) in [7, 11) is -1.14.